The fourth-order valence-electron chi connectivity index (χ4n) is 1.56. The summed E-state index contributed by atoms with van der Waals surface area (Å²) in [5, 5.41) is 0. The predicted octanol–water partition coefficient (Wildman–Crippen LogP) is 4.19. The number of unbranched alkanes of at least 4 members (excludes halogenated alkanes) is 6. The lowest BCUT2D eigenvalue weighted by molar-refractivity contribution is -0.147. The fraction of sp³-hybridized carbons (Fsp3) is 0.786. The number of rotatable bonds is 10. The van der Waals surface area contributed by atoms with Crippen LogP contribution in [0.5, 0.6) is 0 Å². The van der Waals surface area contributed by atoms with Gasteiger partial charge in [-0.05, 0) is 25.8 Å². The third-order valence-corrected chi connectivity index (χ3v) is 2.54. The van der Waals surface area contributed by atoms with Gasteiger partial charge >= 0.3 is 5.97 Å². The molecule has 0 saturated heterocycles. The van der Waals surface area contributed by atoms with Crippen LogP contribution in [0.2, 0.25) is 0 Å². The number of allylic oxidation sites excluding steroid dienone is 1. The molecule has 0 heterocycles. The third kappa shape index (κ3) is 10.0. The van der Waals surface area contributed by atoms with Gasteiger partial charge in [0.25, 0.3) is 0 Å². The zero-order valence-electron chi connectivity index (χ0n) is 11.1. The van der Waals surface area contributed by atoms with Gasteiger partial charge in [-0.2, -0.15) is 0 Å². The topological polar surface area (TPSA) is 26.3 Å². The number of hydrogen-bond donors (Lipinski definition) is 0. The Kier molecular flexibility index (Phi) is 11.0. The first kappa shape index (κ1) is 16.1. The van der Waals surface area contributed by atoms with Gasteiger partial charge in [-0.25, -0.2) is 9.18 Å². The van der Waals surface area contributed by atoms with E-state index in [2.05, 4.69) is 11.7 Å². The van der Waals surface area contributed by atoms with E-state index in [1.165, 1.54) is 38.2 Å². The van der Waals surface area contributed by atoms with Crippen molar-refractivity contribution in [3.8, 4) is 0 Å². The van der Waals surface area contributed by atoms with Crippen LogP contribution in [-0.4, -0.2) is 18.7 Å². The fourth-order valence-corrected chi connectivity index (χ4v) is 1.56. The molecule has 0 radical (unpaired) electrons. The van der Waals surface area contributed by atoms with E-state index >= 15 is 0 Å². The van der Waals surface area contributed by atoms with Crippen LogP contribution in [-0.2, 0) is 9.53 Å². The number of ether oxygens (including phenoxy) is 1. The third-order valence-electron chi connectivity index (χ3n) is 2.54. The van der Waals surface area contributed by atoms with Crippen molar-refractivity contribution >= 4 is 5.97 Å². The summed E-state index contributed by atoms with van der Waals surface area (Å²) in [6, 6.07) is 0. The molecule has 0 fully saturated rings. The normalized spacial score (nSPS) is 12.9. The first-order chi connectivity index (χ1) is 8.22. The first-order valence-corrected chi connectivity index (χ1v) is 6.69. The SMILES string of the molecule is CCCCCCCC/C=C/C(F)C(=O)OCC. The van der Waals surface area contributed by atoms with Crippen LogP contribution in [0.1, 0.15) is 58.8 Å². The molecular formula is C14H25FO2. The molecule has 3 heteroatoms. The molecule has 0 aromatic rings. The molecule has 0 spiro atoms. The molecule has 0 aromatic heterocycles. The van der Waals surface area contributed by atoms with E-state index < -0.39 is 12.1 Å². The summed E-state index contributed by atoms with van der Waals surface area (Å²) in [6.07, 6.45) is 9.60. The van der Waals surface area contributed by atoms with Crippen LogP contribution in [0.3, 0.4) is 0 Å². The maximum Gasteiger partial charge on any atom is 0.344 e. The number of carbonyl (C=O) groups excluding carboxylic acids is 1. The molecule has 2 nitrogen and oxygen atoms in total. The highest BCUT2D eigenvalue weighted by Gasteiger charge is 2.13. The molecule has 0 amide bonds. The highest BCUT2D eigenvalue weighted by molar-refractivity contribution is 5.76. The number of hydrogen-bond acceptors (Lipinski definition) is 2. The predicted molar refractivity (Wildman–Crippen MR) is 68.7 cm³/mol. The maximum atomic E-state index is 13.1. The highest BCUT2D eigenvalue weighted by atomic mass is 19.1. The monoisotopic (exact) mass is 244 g/mol. The van der Waals surface area contributed by atoms with E-state index in [4.69, 9.17) is 0 Å². The smallest absolute Gasteiger partial charge is 0.344 e. The lowest BCUT2D eigenvalue weighted by atomic mass is 10.1. The molecule has 0 rings (SSSR count). The Morgan fingerprint density at radius 2 is 1.82 bits per heavy atom. The van der Waals surface area contributed by atoms with E-state index in [-0.39, 0.29) is 6.61 Å². The van der Waals surface area contributed by atoms with E-state index in [0.29, 0.717) is 0 Å². The summed E-state index contributed by atoms with van der Waals surface area (Å²) < 4.78 is 17.7. The largest absolute Gasteiger partial charge is 0.464 e. The lowest BCUT2D eigenvalue weighted by Crippen LogP contribution is -2.16. The molecule has 0 saturated carbocycles. The van der Waals surface area contributed by atoms with Crippen LogP contribution in [0, 0.1) is 0 Å². The summed E-state index contributed by atoms with van der Waals surface area (Å²) >= 11 is 0. The molecule has 1 unspecified atom stereocenters. The number of esters is 1. The van der Waals surface area contributed by atoms with Crippen molar-refractivity contribution in [3.05, 3.63) is 12.2 Å². The van der Waals surface area contributed by atoms with Gasteiger partial charge in [0.2, 0.25) is 6.17 Å². The van der Waals surface area contributed by atoms with Crippen LogP contribution in [0.25, 0.3) is 0 Å². The minimum Gasteiger partial charge on any atom is -0.464 e. The molecule has 1 atom stereocenters. The van der Waals surface area contributed by atoms with Crippen LogP contribution >= 0.6 is 0 Å². The lowest BCUT2D eigenvalue weighted by Gasteiger charge is -2.02. The van der Waals surface area contributed by atoms with Gasteiger partial charge in [-0.3, -0.25) is 0 Å². The molecule has 100 valence electrons. The van der Waals surface area contributed by atoms with Crippen LogP contribution in [0.15, 0.2) is 12.2 Å². The van der Waals surface area contributed by atoms with Gasteiger partial charge < -0.3 is 4.74 Å². The van der Waals surface area contributed by atoms with Crippen molar-refractivity contribution in [3.63, 3.8) is 0 Å². The molecule has 0 aliphatic carbocycles. The molecule has 0 aliphatic heterocycles. The summed E-state index contributed by atoms with van der Waals surface area (Å²) in [5.41, 5.74) is 0. The van der Waals surface area contributed by atoms with Crippen LogP contribution < -0.4 is 0 Å². The molecule has 0 N–H and O–H groups in total. The molecule has 0 bridgehead atoms. The summed E-state index contributed by atoms with van der Waals surface area (Å²) in [4.78, 5) is 10.9. The number of carbonyl (C=O) groups is 1. The summed E-state index contributed by atoms with van der Waals surface area (Å²) in [5.74, 6) is -0.785. The van der Waals surface area contributed by atoms with Crippen molar-refractivity contribution in [2.75, 3.05) is 6.61 Å². The summed E-state index contributed by atoms with van der Waals surface area (Å²) in [7, 11) is 0. The van der Waals surface area contributed by atoms with E-state index in [9.17, 15) is 9.18 Å². The summed E-state index contributed by atoms with van der Waals surface area (Å²) in [6.45, 7) is 4.09. The minimum absolute atomic E-state index is 0.227. The van der Waals surface area contributed by atoms with Gasteiger partial charge in [-0.1, -0.05) is 45.1 Å². The van der Waals surface area contributed by atoms with Crippen LogP contribution in [0.4, 0.5) is 4.39 Å². The van der Waals surface area contributed by atoms with Crippen molar-refractivity contribution in [2.45, 2.75) is 65.0 Å². The minimum atomic E-state index is -1.60. The van der Waals surface area contributed by atoms with Gasteiger partial charge in [0, 0.05) is 0 Å². The second kappa shape index (κ2) is 11.6. The quantitative estimate of drug-likeness (QED) is 0.327. The van der Waals surface area contributed by atoms with Gasteiger partial charge in [0.15, 0.2) is 0 Å². The van der Waals surface area contributed by atoms with E-state index in [0.717, 1.165) is 12.8 Å². The Hall–Kier alpha value is -0.860. The first-order valence-electron chi connectivity index (χ1n) is 6.69. The second-order valence-electron chi connectivity index (χ2n) is 4.14. The molecule has 0 aliphatic rings. The standard InChI is InChI=1S/C14H25FO2/c1-3-5-6-7-8-9-10-11-12-13(15)14(16)17-4-2/h11-13H,3-10H2,1-2H3/b12-11+. The average molecular weight is 244 g/mol. The Balaban J connectivity index is 3.43. The Morgan fingerprint density at radius 1 is 1.18 bits per heavy atom. The second-order valence-corrected chi connectivity index (χ2v) is 4.14. The van der Waals surface area contributed by atoms with Crippen molar-refractivity contribution < 1.29 is 13.9 Å². The van der Waals surface area contributed by atoms with Crippen molar-refractivity contribution in [2.24, 2.45) is 0 Å². The molecule has 0 aromatic carbocycles. The van der Waals surface area contributed by atoms with Gasteiger partial charge in [0.05, 0.1) is 6.61 Å². The van der Waals surface area contributed by atoms with E-state index in [1.807, 2.05) is 0 Å². The van der Waals surface area contributed by atoms with Crippen molar-refractivity contribution in [1.82, 2.24) is 0 Å². The Morgan fingerprint density at radius 3 is 2.47 bits per heavy atom. The number of alkyl halides is 1. The Labute approximate surface area is 104 Å². The van der Waals surface area contributed by atoms with Gasteiger partial charge in [-0.15, -0.1) is 0 Å². The molecular weight excluding hydrogens is 219 g/mol. The number of halogens is 1. The average Bonchev–Trinajstić information content (AvgIpc) is 2.32. The van der Waals surface area contributed by atoms with E-state index in [1.54, 1.807) is 13.0 Å². The zero-order valence-corrected chi connectivity index (χ0v) is 11.1. The Bertz CT molecular complexity index is 214. The van der Waals surface area contributed by atoms with Crippen molar-refractivity contribution in [1.29, 1.82) is 0 Å². The van der Waals surface area contributed by atoms with Gasteiger partial charge in [0.1, 0.15) is 0 Å². The highest BCUT2D eigenvalue weighted by Crippen LogP contribution is 2.08. The zero-order chi connectivity index (χ0) is 12.9. The molecule has 17 heavy (non-hydrogen) atoms. The maximum absolute atomic E-state index is 13.1.